The van der Waals surface area contributed by atoms with E-state index in [2.05, 4.69) is 5.32 Å². The van der Waals surface area contributed by atoms with Gasteiger partial charge in [-0.05, 0) is 69.2 Å². The average Bonchev–Trinajstić information content (AvgIpc) is 2.88. The average molecular weight is 574 g/mol. The molecule has 0 saturated heterocycles. The molecule has 39 heavy (non-hydrogen) atoms. The molecule has 3 rings (SSSR count). The minimum Gasteiger partial charge on any atom is -0.350 e. The summed E-state index contributed by atoms with van der Waals surface area (Å²) in [4.78, 5) is 28.5. The van der Waals surface area contributed by atoms with Gasteiger partial charge in [0.25, 0.3) is 10.0 Å². The van der Waals surface area contributed by atoms with E-state index < -0.39 is 39.9 Å². The number of hydrogen-bond acceptors (Lipinski definition) is 4. The Morgan fingerprint density at radius 3 is 2.10 bits per heavy atom. The van der Waals surface area contributed by atoms with Gasteiger partial charge in [0.2, 0.25) is 11.8 Å². The Labute approximate surface area is 234 Å². The quantitative estimate of drug-likeness (QED) is 0.352. The summed E-state index contributed by atoms with van der Waals surface area (Å²) in [7, 11) is -4.34. The lowest BCUT2D eigenvalue weighted by Crippen LogP contribution is -2.55. The van der Waals surface area contributed by atoms with Crippen LogP contribution in [0, 0.1) is 5.82 Å². The highest BCUT2D eigenvalue weighted by molar-refractivity contribution is 7.92. The van der Waals surface area contributed by atoms with E-state index in [-0.39, 0.29) is 29.5 Å². The van der Waals surface area contributed by atoms with Crippen LogP contribution in [0.3, 0.4) is 0 Å². The molecule has 10 heteroatoms. The first-order valence-electron chi connectivity index (χ1n) is 12.5. The van der Waals surface area contributed by atoms with E-state index in [9.17, 15) is 22.4 Å². The molecule has 1 N–H and O–H groups in total. The van der Waals surface area contributed by atoms with Gasteiger partial charge in [0, 0.05) is 17.1 Å². The monoisotopic (exact) mass is 573 g/mol. The second kappa shape index (κ2) is 12.6. The molecule has 0 aliphatic rings. The number of nitrogens with zero attached hydrogens (tertiary/aromatic N) is 2. The van der Waals surface area contributed by atoms with Crippen molar-refractivity contribution in [1.29, 1.82) is 0 Å². The van der Waals surface area contributed by atoms with Crippen molar-refractivity contribution in [1.82, 2.24) is 10.2 Å². The first kappa shape index (κ1) is 30.1. The Hall–Kier alpha value is -3.43. The molecule has 1 unspecified atom stereocenters. The van der Waals surface area contributed by atoms with Crippen molar-refractivity contribution in [2.75, 3.05) is 10.8 Å². The summed E-state index contributed by atoms with van der Waals surface area (Å²) in [5.74, 6) is -1.84. The third-order valence-electron chi connectivity index (χ3n) is 5.88. The van der Waals surface area contributed by atoms with Gasteiger partial charge in [-0.2, -0.15) is 0 Å². The van der Waals surface area contributed by atoms with Crippen LogP contribution in [0.25, 0.3) is 0 Å². The predicted molar refractivity (Wildman–Crippen MR) is 151 cm³/mol. The van der Waals surface area contributed by atoms with Crippen LogP contribution in [0.15, 0.2) is 83.8 Å². The standard InChI is InChI=1S/C29H33ClFN3O4S/c1-5-25(28(36)32-29(2,3)4)33(19-21-15-17-22(30)18-16-21)27(35)20-34(26-14-10-9-13-24(26)31)39(37,38)23-11-7-6-8-12-23/h6-18,25H,5,19-20H2,1-4H3,(H,32,36). The Bertz CT molecular complexity index is 1390. The third-order valence-corrected chi connectivity index (χ3v) is 7.91. The topological polar surface area (TPSA) is 86.8 Å². The summed E-state index contributed by atoms with van der Waals surface area (Å²) in [6, 6.07) is 18.8. The largest absolute Gasteiger partial charge is 0.350 e. The van der Waals surface area contributed by atoms with Crippen LogP contribution in [0.4, 0.5) is 10.1 Å². The van der Waals surface area contributed by atoms with E-state index in [1.807, 2.05) is 20.8 Å². The number of hydrogen-bond donors (Lipinski definition) is 1. The molecule has 3 aromatic carbocycles. The van der Waals surface area contributed by atoms with Gasteiger partial charge in [-0.25, -0.2) is 12.8 Å². The van der Waals surface area contributed by atoms with Crippen LogP contribution in [0.1, 0.15) is 39.7 Å². The predicted octanol–water partition coefficient (Wildman–Crippen LogP) is 5.40. The second-order valence-corrected chi connectivity index (χ2v) is 12.4. The zero-order valence-corrected chi connectivity index (χ0v) is 24.0. The summed E-state index contributed by atoms with van der Waals surface area (Å²) < 4.78 is 43.1. The fourth-order valence-electron chi connectivity index (χ4n) is 4.05. The first-order valence-corrected chi connectivity index (χ1v) is 14.3. The molecule has 0 heterocycles. The van der Waals surface area contributed by atoms with Crippen LogP contribution in [0.2, 0.25) is 5.02 Å². The highest BCUT2D eigenvalue weighted by Crippen LogP contribution is 2.27. The lowest BCUT2D eigenvalue weighted by atomic mass is 10.1. The number of benzene rings is 3. The zero-order valence-electron chi connectivity index (χ0n) is 22.4. The van der Waals surface area contributed by atoms with Gasteiger partial charge in [-0.3, -0.25) is 13.9 Å². The van der Waals surface area contributed by atoms with E-state index in [1.165, 1.54) is 35.2 Å². The van der Waals surface area contributed by atoms with Gasteiger partial charge in [-0.1, -0.05) is 61.0 Å². The smallest absolute Gasteiger partial charge is 0.264 e. The van der Waals surface area contributed by atoms with Gasteiger partial charge in [0.15, 0.2) is 0 Å². The second-order valence-electron chi connectivity index (χ2n) is 10.1. The third kappa shape index (κ3) is 7.80. The van der Waals surface area contributed by atoms with E-state index in [4.69, 9.17) is 11.6 Å². The number of halogens is 2. The number of carbonyl (C=O) groups excluding carboxylic acids is 2. The van der Waals surface area contributed by atoms with Gasteiger partial charge in [0.1, 0.15) is 18.4 Å². The van der Waals surface area contributed by atoms with Crippen molar-refractivity contribution >= 4 is 39.1 Å². The minimum atomic E-state index is -4.34. The summed E-state index contributed by atoms with van der Waals surface area (Å²) in [5, 5.41) is 3.41. The molecule has 0 spiro atoms. The lowest BCUT2D eigenvalue weighted by molar-refractivity contribution is -0.141. The fourth-order valence-corrected chi connectivity index (χ4v) is 5.61. The number of nitrogens with one attached hydrogen (secondary N) is 1. The molecule has 1 atom stereocenters. The van der Waals surface area contributed by atoms with Crippen LogP contribution in [-0.2, 0) is 26.2 Å². The normalized spacial score (nSPS) is 12.5. The number of sulfonamides is 1. The molecule has 208 valence electrons. The number of para-hydroxylation sites is 1. The number of anilines is 1. The Morgan fingerprint density at radius 1 is 0.949 bits per heavy atom. The van der Waals surface area contributed by atoms with Crippen LogP contribution in [-0.4, -0.2) is 43.3 Å². The molecular formula is C29H33ClFN3O4S. The zero-order chi connectivity index (χ0) is 28.8. The van der Waals surface area contributed by atoms with Gasteiger partial charge in [-0.15, -0.1) is 0 Å². The maximum absolute atomic E-state index is 15.0. The molecular weight excluding hydrogens is 541 g/mol. The highest BCUT2D eigenvalue weighted by Gasteiger charge is 2.35. The molecule has 0 fully saturated rings. The first-order chi connectivity index (χ1) is 18.3. The molecule has 0 aliphatic carbocycles. The van der Waals surface area contributed by atoms with Crippen molar-refractivity contribution in [2.24, 2.45) is 0 Å². The molecule has 0 aromatic heterocycles. The Morgan fingerprint density at radius 2 is 1.54 bits per heavy atom. The number of rotatable bonds is 10. The molecule has 0 bridgehead atoms. The van der Waals surface area contributed by atoms with Gasteiger partial charge in [0.05, 0.1) is 10.6 Å². The molecule has 3 aromatic rings. The molecule has 0 aliphatic heterocycles. The maximum atomic E-state index is 15.0. The number of amides is 2. The maximum Gasteiger partial charge on any atom is 0.264 e. The van der Waals surface area contributed by atoms with Crippen LogP contribution < -0.4 is 9.62 Å². The number of carbonyl (C=O) groups is 2. The van der Waals surface area contributed by atoms with Crippen molar-refractivity contribution < 1.29 is 22.4 Å². The minimum absolute atomic E-state index is 0.0164. The van der Waals surface area contributed by atoms with Crippen LogP contribution >= 0.6 is 11.6 Å². The molecule has 0 radical (unpaired) electrons. The van der Waals surface area contributed by atoms with Gasteiger partial charge < -0.3 is 10.2 Å². The van der Waals surface area contributed by atoms with Crippen molar-refractivity contribution in [3.8, 4) is 0 Å². The molecule has 7 nitrogen and oxygen atoms in total. The van der Waals surface area contributed by atoms with Gasteiger partial charge >= 0.3 is 0 Å². The Balaban J connectivity index is 2.07. The fraction of sp³-hybridized carbons (Fsp3) is 0.310. The van der Waals surface area contributed by atoms with Crippen LogP contribution in [0.5, 0.6) is 0 Å². The summed E-state index contributed by atoms with van der Waals surface area (Å²) in [6.45, 7) is 6.55. The van der Waals surface area contributed by atoms with E-state index in [1.54, 1.807) is 49.4 Å². The summed E-state index contributed by atoms with van der Waals surface area (Å²) >= 11 is 6.03. The SMILES string of the molecule is CCC(C(=O)NC(C)(C)C)N(Cc1ccc(Cl)cc1)C(=O)CN(c1ccccc1F)S(=O)(=O)c1ccccc1. The van der Waals surface area contributed by atoms with Crippen molar-refractivity contribution in [2.45, 2.75) is 57.1 Å². The van der Waals surface area contributed by atoms with E-state index >= 15 is 0 Å². The summed E-state index contributed by atoms with van der Waals surface area (Å²) in [5.41, 5.74) is -0.138. The lowest BCUT2D eigenvalue weighted by Gasteiger charge is -2.34. The van der Waals surface area contributed by atoms with Crippen molar-refractivity contribution in [3.63, 3.8) is 0 Å². The van der Waals surface area contributed by atoms with E-state index in [0.29, 0.717) is 10.6 Å². The Kier molecular flexibility index (Phi) is 9.74. The van der Waals surface area contributed by atoms with E-state index in [0.717, 1.165) is 10.4 Å². The van der Waals surface area contributed by atoms with Crippen molar-refractivity contribution in [3.05, 3.63) is 95.3 Å². The molecule has 0 saturated carbocycles. The highest BCUT2D eigenvalue weighted by atomic mass is 35.5. The summed E-state index contributed by atoms with van der Waals surface area (Å²) in [6.07, 6.45) is 0.270. The molecule has 2 amide bonds.